The fraction of sp³-hybridized carbons (Fsp3) is 0. The van der Waals surface area contributed by atoms with Gasteiger partial charge in [0.2, 0.25) is 0 Å². The van der Waals surface area contributed by atoms with Crippen molar-refractivity contribution in [2.45, 2.75) is 0 Å². The van der Waals surface area contributed by atoms with Gasteiger partial charge >= 0.3 is 0 Å². The molecule has 4 aromatic rings. The highest BCUT2D eigenvalue weighted by Crippen LogP contribution is 2.23. The number of nitrogens with two attached hydrogens (primary N) is 2. The summed E-state index contributed by atoms with van der Waals surface area (Å²) in [4.78, 5) is 0. The van der Waals surface area contributed by atoms with Gasteiger partial charge in [-0.15, -0.1) is 0 Å². The molecule has 0 bridgehead atoms. The third kappa shape index (κ3) is 9.20. The Hall–Kier alpha value is -4.83. The molecule has 0 saturated heterocycles. The van der Waals surface area contributed by atoms with Crippen LogP contribution < -0.4 is 11.5 Å². The third-order valence-corrected chi connectivity index (χ3v) is 5.28. The second-order valence-corrected chi connectivity index (χ2v) is 8.32. The fourth-order valence-corrected chi connectivity index (χ4v) is 3.05. The van der Waals surface area contributed by atoms with E-state index >= 15 is 0 Å². The Bertz CT molecular complexity index is 1480. The maximum absolute atomic E-state index is 8.63. The summed E-state index contributed by atoms with van der Waals surface area (Å²) in [6, 6.07) is 21.7. The molecule has 3 aromatic carbocycles. The molecule has 0 atom stereocenters. The zero-order chi connectivity index (χ0) is 28.8. The highest BCUT2D eigenvalue weighted by Gasteiger charge is 2.09. The second kappa shape index (κ2) is 15.4. The number of aromatic nitrogens is 2. The van der Waals surface area contributed by atoms with Crippen LogP contribution in [-0.4, -0.2) is 43.2 Å². The van der Waals surface area contributed by atoms with Gasteiger partial charge in [0.05, 0.1) is 0 Å². The molecular formula is C24H19Cl3N8O4. The monoisotopic (exact) mass is 588 g/mol. The van der Waals surface area contributed by atoms with Gasteiger partial charge < -0.3 is 27.1 Å². The summed E-state index contributed by atoms with van der Waals surface area (Å²) in [6.45, 7) is 0. The van der Waals surface area contributed by atoms with E-state index in [0.29, 0.717) is 31.9 Å². The molecule has 1 aromatic heterocycles. The summed E-state index contributed by atoms with van der Waals surface area (Å²) >= 11 is 17.0. The van der Waals surface area contributed by atoms with E-state index in [-0.39, 0.29) is 23.1 Å². The van der Waals surface area contributed by atoms with Gasteiger partial charge in [-0.2, -0.15) is 5.26 Å². The van der Waals surface area contributed by atoms with E-state index in [0.717, 1.165) is 5.56 Å². The predicted molar refractivity (Wildman–Crippen MR) is 148 cm³/mol. The van der Waals surface area contributed by atoms with Crippen LogP contribution in [0.1, 0.15) is 11.1 Å². The Morgan fingerprint density at radius 1 is 0.744 bits per heavy atom. The average Bonchev–Trinajstić information content (AvgIpc) is 3.38. The quantitative estimate of drug-likeness (QED) is 0.0905. The molecule has 200 valence electrons. The number of halogens is 3. The standard InChI is InChI=1S/C8H8ClN3O2.C8H6ClN3O.C8H5ClN2O/c9-6-3-1-5(2-4-6)7(11-13)8(10)12-14;9-6-3-1-5(2-4-6)7-8(10)12-13-11-7;9-7-3-1-6(2-4-7)8(5-10)11-12/h1-4,13-14H,(H2,10,12);1-4H,(H2,10,12);1-4,12H/b11-7-;;11-8+. The zero-order valence-electron chi connectivity index (χ0n) is 19.6. The lowest BCUT2D eigenvalue weighted by molar-refractivity contribution is 0.310. The number of benzene rings is 3. The number of nitrogen functional groups attached to an aromatic ring is 1. The summed E-state index contributed by atoms with van der Waals surface area (Å²) in [7, 11) is 0. The molecule has 0 aliphatic heterocycles. The topological polar surface area (TPSA) is 213 Å². The Morgan fingerprint density at radius 2 is 1.23 bits per heavy atom. The van der Waals surface area contributed by atoms with Crippen LogP contribution in [0.3, 0.4) is 0 Å². The Labute approximate surface area is 236 Å². The van der Waals surface area contributed by atoms with Gasteiger partial charge in [0.15, 0.2) is 28.8 Å². The minimum atomic E-state index is -0.269. The van der Waals surface area contributed by atoms with Crippen molar-refractivity contribution < 1.29 is 20.3 Å². The lowest BCUT2D eigenvalue weighted by atomic mass is 10.1. The smallest absolute Gasteiger partial charge is 0.196 e. The molecule has 0 fully saturated rings. The highest BCUT2D eigenvalue weighted by atomic mass is 35.5. The molecule has 0 saturated carbocycles. The minimum absolute atomic E-state index is 0.0100. The molecule has 0 spiro atoms. The van der Waals surface area contributed by atoms with Gasteiger partial charge in [-0.25, -0.2) is 4.63 Å². The van der Waals surface area contributed by atoms with E-state index in [1.807, 2.05) is 0 Å². The van der Waals surface area contributed by atoms with Gasteiger partial charge in [-0.3, -0.25) is 0 Å². The molecule has 39 heavy (non-hydrogen) atoms. The molecule has 15 heteroatoms. The number of hydrogen-bond donors (Lipinski definition) is 5. The van der Waals surface area contributed by atoms with E-state index in [1.54, 1.807) is 78.9 Å². The second-order valence-electron chi connectivity index (χ2n) is 7.01. The molecule has 0 unspecified atom stereocenters. The van der Waals surface area contributed by atoms with Crippen LogP contribution in [0.2, 0.25) is 15.1 Å². The molecule has 4 rings (SSSR count). The van der Waals surface area contributed by atoms with Crippen LogP contribution in [0.4, 0.5) is 5.82 Å². The van der Waals surface area contributed by atoms with Crippen molar-refractivity contribution in [3.8, 4) is 17.3 Å². The van der Waals surface area contributed by atoms with Crippen molar-refractivity contribution in [1.29, 1.82) is 5.26 Å². The van der Waals surface area contributed by atoms with Crippen molar-refractivity contribution in [1.82, 2.24) is 10.3 Å². The number of nitrogens with zero attached hydrogens (tertiary/aromatic N) is 6. The minimum Gasteiger partial charge on any atom is -0.410 e. The lowest BCUT2D eigenvalue weighted by Crippen LogP contribution is -2.24. The van der Waals surface area contributed by atoms with Crippen LogP contribution in [0, 0.1) is 11.3 Å². The average molecular weight is 590 g/mol. The Kier molecular flexibility index (Phi) is 12.0. The van der Waals surface area contributed by atoms with Crippen LogP contribution in [0.25, 0.3) is 11.3 Å². The maximum Gasteiger partial charge on any atom is 0.196 e. The van der Waals surface area contributed by atoms with Gasteiger partial charge in [0.1, 0.15) is 6.07 Å². The van der Waals surface area contributed by atoms with Gasteiger partial charge in [-0.1, -0.05) is 86.7 Å². The van der Waals surface area contributed by atoms with E-state index in [4.69, 9.17) is 67.2 Å². The van der Waals surface area contributed by atoms with E-state index < -0.39 is 0 Å². The normalized spacial score (nSPS) is 11.4. The zero-order valence-corrected chi connectivity index (χ0v) is 21.9. The van der Waals surface area contributed by atoms with Crippen molar-refractivity contribution in [3.63, 3.8) is 0 Å². The number of hydrogen-bond acceptors (Lipinski definition) is 11. The molecule has 0 aliphatic rings. The molecule has 0 radical (unpaired) electrons. The van der Waals surface area contributed by atoms with Crippen molar-refractivity contribution in [2.75, 3.05) is 5.73 Å². The summed E-state index contributed by atoms with van der Waals surface area (Å²) in [5, 5.41) is 51.3. The van der Waals surface area contributed by atoms with Crippen LogP contribution >= 0.6 is 34.8 Å². The molecule has 0 amide bonds. The van der Waals surface area contributed by atoms with Crippen molar-refractivity contribution in [2.24, 2.45) is 21.2 Å². The van der Waals surface area contributed by atoms with Crippen LogP contribution in [-0.2, 0) is 0 Å². The predicted octanol–water partition coefficient (Wildman–Crippen LogP) is 5.28. The molecule has 7 N–H and O–H groups in total. The SMILES string of the molecule is N#C/C(=N\O)c1ccc(Cl)cc1.NC(=N\O)/C(=N\O)c1ccc(Cl)cc1.Nc1nonc1-c1ccc(Cl)cc1. The third-order valence-electron chi connectivity index (χ3n) is 4.52. The van der Waals surface area contributed by atoms with Crippen molar-refractivity contribution in [3.05, 3.63) is 99.0 Å². The summed E-state index contributed by atoms with van der Waals surface area (Å²) in [6.07, 6.45) is 0. The Morgan fingerprint density at radius 3 is 1.62 bits per heavy atom. The number of anilines is 1. The van der Waals surface area contributed by atoms with Gasteiger partial charge in [0, 0.05) is 31.8 Å². The first kappa shape index (κ1) is 30.4. The van der Waals surface area contributed by atoms with E-state index in [9.17, 15) is 0 Å². The van der Waals surface area contributed by atoms with Crippen LogP contribution in [0.5, 0.6) is 0 Å². The lowest BCUT2D eigenvalue weighted by Gasteiger charge is -2.01. The Balaban J connectivity index is 0.000000206. The maximum atomic E-state index is 8.63. The first-order valence-electron chi connectivity index (χ1n) is 10.4. The number of rotatable bonds is 4. The number of oxime groups is 3. The summed E-state index contributed by atoms with van der Waals surface area (Å²) < 4.78 is 4.47. The van der Waals surface area contributed by atoms with Gasteiger partial charge in [-0.05, 0) is 46.7 Å². The molecule has 12 nitrogen and oxygen atoms in total. The van der Waals surface area contributed by atoms with Crippen LogP contribution in [0.15, 0.2) is 92.9 Å². The first-order valence-corrected chi connectivity index (χ1v) is 11.5. The highest BCUT2D eigenvalue weighted by molar-refractivity contribution is 6.46. The number of nitriles is 1. The van der Waals surface area contributed by atoms with E-state index in [2.05, 4.69) is 30.4 Å². The molecular weight excluding hydrogens is 571 g/mol. The van der Waals surface area contributed by atoms with Crippen molar-refractivity contribution >= 4 is 57.9 Å². The van der Waals surface area contributed by atoms with Gasteiger partial charge in [0.25, 0.3) is 0 Å². The largest absolute Gasteiger partial charge is 0.410 e. The molecule has 1 heterocycles. The molecule has 0 aliphatic carbocycles. The fourth-order valence-electron chi connectivity index (χ4n) is 2.67. The summed E-state index contributed by atoms with van der Waals surface area (Å²) in [5.74, 6) is 0.0112. The first-order chi connectivity index (χ1) is 18.7. The summed E-state index contributed by atoms with van der Waals surface area (Å²) in [5.41, 5.74) is 13.2. The number of amidine groups is 1. The van der Waals surface area contributed by atoms with E-state index in [1.165, 1.54) is 0 Å².